The number of hydrogen-bond acceptors (Lipinski definition) is 2. The van der Waals surface area contributed by atoms with Gasteiger partial charge in [0, 0.05) is 7.05 Å². The molecule has 0 aliphatic carbocycles. The molecule has 0 aliphatic heterocycles. The third kappa shape index (κ3) is 4.99. The van der Waals surface area contributed by atoms with Gasteiger partial charge in [-0.25, -0.2) is 4.42 Å². The fourth-order valence-electron chi connectivity index (χ4n) is 1.50. The van der Waals surface area contributed by atoms with Gasteiger partial charge < -0.3 is 5.11 Å². The quantitative estimate of drug-likeness (QED) is 0.386. The number of hydrogen-bond donors (Lipinski definition) is 1. The van der Waals surface area contributed by atoms with Crippen molar-refractivity contribution in [2.24, 2.45) is 0 Å². The topological polar surface area (TPSA) is 40.5 Å². The van der Waals surface area contributed by atoms with Crippen molar-refractivity contribution in [3.05, 3.63) is 12.7 Å². The van der Waals surface area contributed by atoms with Crippen LogP contribution in [0.3, 0.4) is 0 Å². The van der Waals surface area contributed by atoms with Crippen molar-refractivity contribution >= 4 is 17.7 Å². The number of allylic oxidation sites excluding steroid dienone is 1. The molecule has 0 spiro atoms. The molecule has 0 aliphatic rings. The Hall–Kier alpha value is -0.540. The van der Waals surface area contributed by atoms with Gasteiger partial charge in [0.1, 0.15) is 5.54 Å². The smallest absolute Gasteiger partial charge is 0.325 e. The summed E-state index contributed by atoms with van der Waals surface area (Å²) in [5, 5.41) is 9.10. The Bertz CT molecular complexity index is 231. The summed E-state index contributed by atoms with van der Waals surface area (Å²) in [5.41, 5.74) is -0.958. The molecule has 0 saturated heterocycles. The van der Waals surface area contributed by atoms with E-state index < -0.39 is 11.5 Å². The van der Waals surface area contributed by atoms with E-state index in [1.807, 2.05) is 6.08 Å². The van der Waals surface area contributed by atoms with Crippen molar-refractivity contribution in [1.29, 1.82) is 0 Å². The van der Waals surface area contributed by atoms with Gasteiger partial charge in [0.05, 0.1) is 0 Å². The molecule has 0 aromatic rings. The van der Waals surface area contributed by atoms with E-state index in [9.17, 15) is 4.79 Å². The summed E-state index contributed by atoms with van der Waals surface area (Å²) < 4.78 is 1.26. The lowest BCUT2D eigenvalue weighted by Crippen LogP contribution is -2.45. The van der Waals surface area contributed by atoms with E-state index in [4.69, 9.17) is 16.9 Å². The standard InChI is InChI=1S/C12H22ClNO2/c1-4-5-6-7-8-9-10-12(2,11(15)16)14(3)13/h4H,1,5-10H2,2-3H3,(H,15,16)/t12-/m1/s1. The molecule has 0 aromatic carbocycles. The maximum Gasteiger partial charge on any atom is 0.325 e. The Labute approximate surface area is 103 Å². The fraction of sp³-hybridized carbons (Fsp3) is 0.750. The first-order valence-corrected chi connectivity index (χ1v) is 6.03. The Morgan fingerprint density at radius 2 is 2.00 bits per heavy atom. The van der Waals surface area contributed by atoms with Crippen molar-refractivity contribution < 1.29 is 9.90 Å². The summed E-state index contributed by atoms with van der Waals surface area (Å²) in [7, 11) is 1.59. The highest BCUT2D eigenvalue weighted by molar-refractivity contribution is 6.15. The highest BCUT2D eigenvalue weighted by Gasteiger charge is 2.36. The maximum atomic E-state index is 11.1. The van der Waals surface area contributed by atoms with E-state index in [1.54, 1.807) is 14.0 Å². The Morgan fingerprint density at radius 1 is 1.44 bits per heavy atom. The molecule has 0 radical (unpaired) electrons. The molecular formula is C12H22ClNO2. The number of nitrogens with zero attached hydrogens (tertiary/aromatic N) is 1. The van der Waals surface area contributed by atoms with E-state index in [1.165, 1.54) is 4.42 Å². The van der Waals surface area contributed by atoms with E-state index in [-0.39, 0.29) is 0 Å². The minimum absolute atomic E-state index is 0.580. The second kappa shape index (κ2) is 7.69. The molecule has 3 nitrogen and oxygen atoms in total. The van der Waals surface area contributed by atoms with Crippen LogP contribution in [0, 0.1) is 0 Å². The molecule has 0 heterocycles. The van der Waals surface area contributed by atoms with Gasteiger partial charge in [-0.3, -0.25) is 4.79 Å². The number of halogens is 1. The number of rotatable bonds is 9. The highest BCUT2D eigenvalue weighted by Crippen LogP contribution is 2.23. The number of carboxylic acids is 1. The van der Waals surface area contributed by atoms with E-state index >= 15 is 0 Å². The van der Waals surface area contributed by atoms with Gasteiger partial charge in [-0.15, -0.1) is 6.58 Å². The third-order valence-corrected chi connectivity index (χ3v) is 3.34. The molecule has 0 amide bonds. The summed E-state index contributed by atoms with van der Waals surface area (Å²) in [5.74, 6) is -0.865. The van der Waals surface area contributed by atoms with Crippen molar-refractivity contribution in [2.45, 2.75) is 51.0 Å². The average molecular weight is 248 g/mol. The fourth-order valence-corrected chi connectivity index (χ4v) is 1.66. The Kier molecular flexibility index (Phi) is 7.43. The van der Waals surface area contributed by atoms with Gasteiger partial charge in [-0.2, -0.15) is 0 Å². The molecule has 4 heteroatoms. The second-order valence-electron chi connectivity index (χ2n) is 4.30. The zero-order chi connectivity index (χ0) is 12.6. The molecule has 0 rings (SSSR count). The number of likely N-dealkylation sites (N-methyl/N-ethyl adjacent to an activating group) is 1. The van der Waals surface area contributed by atoms with Crippen LogP contribution in [0.1, 0.15) is 45.4 Å². The van der Waals surface area contributed by atoms with Crippen LogP contribution in [-0.2, 0) is 4.79 Å². The van der Waals surface area contributed by atoms with Gasteiger partial charge in [-0.05, 0) is 38.0 Å². The van der Waals surface area contributed by atoms with Crippen LogP contribution in [0.2, 0.25) is 0 Å². The van der Waals surface area contributed by atoms with Gasteiger partial charge >= 0.3 is 5.97 Å². The first-order valence-electron chi connectivity index (χ1n) is 5.69. The summed E-state index contributed by atoms with van der Waals surface area (Å²) in [4.78, 5) is 11.1. The number of aliphatic carboxylic acids is 1. The lowest BCUT2D eigenvalue weighted by Gasteiger charge is -2.29. The molecule has 0 unspecified atom stereocenters. The monoisotopic (exact) mass is 247 g/mol. The minimum atomic E-state index is -0.958. The lowest BCUT2D eigenvalue weighted by atomic mass is 9.94. The van der Waals surface area contributed by atoms with Crippen molar-refractivity contribution in [1.82, 2.24) is 4.42 Å². The second-order valence-corrected chi connectivity index (χ2v) is 4.80. The Balaban J connectivity index is 3.87. The van der Waals surface area contributed by atoms with Crippen molar-refractivity contribution in [3.8, 4) is 0 Å². The van der Waals surface area contributed by atoms with Crippen LogP contribution < -0.4 is 0 Å². The number of carbonyl (C=O) groups is 1. The first-order chi connectivity index (χ1) is 7.45. The predicted octanol–water partition coefficient (Wildman–Crippen LogP) is 3.44. The van der Waals surface area contributed by atoms with Crippen LogP contribution in [0.15, 0.2) is 12.7 Å². The zero-order valence-electron chi connectivity index (χ0n) is 10.2. The van der Waals surface area contributed by atoms with Crippen LogP contribution in [0.5, 0.6) is 0 Å². The van der Waals surface area contributed by atoms with Crippen LogP contribution >= 0.6 is 11.8 Å². The zero-order valence-corrected chi connectivity index (χ0v) is 11.0. The third-order valence-electron chi connectivity index (χ3n) is 2.96. The summed E-state index contributed by atoms with van der Waals surface area (Å²) in [6.07, 6.45) is 7.70. The van der Waals surface area contributed by atoms with Gasteiger partial charge in [0.25, 0.3) is 0 Å². The molecule has 16 heavy (non-hydrogen) atoms. The van der Waals surface area contributed by atoms with Gasteiger partial charge in [-0.1, -0.05) is 25.3 Å². The highest BCUT2D eigenvalue weighted by atomic mass is 35.5. The maximum absolute atomic E-state index is 11.1. The van der Waals surface area contributed by atoms with Crippen molar-refractivity contribution in [3.63, 3.8) is 0 Å². The number of unbranched alkanes of at least 4 members (excludes halogenated alkanes) is 4. The van der Waals surface area contributed by atoms with Crippen LogP contribution in [0.25, 0.3) is 0 Å². The summed E-state index contributed by atoms with van der Waals surface area (Å²) in [6, 6.07) is 0. The van der Waals surface area contributed by atoms with Gasteiger partial charge in [0.2, 0.25) is 0 Å². The molecule has 0 aromatic heterocycles. The van der Waals surface area contributed by atoms with Crippen LogP contribution in [-0.4, -0.2) is 28.1 Å². The largest absolute Gasteiger partial charge is 0.480 e. The minimum Gasteiger partial charge on any atom is -0.480 e. The van der Waals surface area contributed by atoms with Crippen molar-refractivity contribution in [2.75, 3.05) is 7.05 Å². The summed E-state index contributed by atoms with van der Waals surface area (Å²) in [6.45, 7) is 5.32. The first kappa shape index (κ1) is 15.5. The molecule has 0 saturated carbocycles. The van der Waals surface area contributed by atoms with E-state index in [2.05, 4.69) is 6.58 Å². The SMILES string of the molecule is C=CCCCCCC[C@](C)(C(=O)O)N(C)Cl. The molecule has 0 bridgehead atoms. The number of carboxylic acid groups (broad SMARTS) is 1. The normalized spacial score (nSPS) is 14.8. The summed E-state index contributed by atoms with van der Waals surface area (Å²) >= 11 is 5.78. The predicted molar refractivity (Wildman–Crippen MR) is 67.6 cm³/mol. The molecule has 0 fully saturated rings. The molecule has 1 atom stereocenters. The van der Waals surface area contributed by atoms with Gasteiger partial charge in [0.15, 0.2) is 0 Å². The molecular weight excluding hydrogens is 226 g/mol. The van der Waals surface area contributed by atoms with E-state index in [0.717, 1.165) is 32.1 Å². The lowest BCUT2D eigenvalue weighted by molar-refractivity contribution is -0.147. The average Bonchev–Trinajstić information content (AvgIpc) is 2.22. The van der Waals surface area contributed by atoms with Crippen LogP contribution in [0.4, 0.5) is 0 Å². The van der Waals surface area contributed by atoms with E-state index in [0.29, 0.717) is 6.42 Å². The Morgan fingerprint density at radius 3 is 2.44 bits per heavy atom. The molecule has 1 N–H and O–H groups in total. The molecule has 94 valence electrons.